The molecule has 1 atom stereocenters. The summed E-state index contributed by atoms with van der Waals surface area (Å²) in [5, 5.41) is -0.867. The van der Waals surface area contributed by atoms with E-state index in [9.17, 15) is 17.1 Å². The molecule has 0 spiro atoms. The molecule has 1 fully saturated rings. The fourth-order valence-corrected chi connectivity index (χ4v) is 3.98. The molecule has 0 aliphatic carbocycles. The number of aryl methyl sites for hydroxylation is 1. The molecule has 0 radical (unpaired) electrons. The first-order chi connectivity index (χ1) is 9.36. The smallest absolute Gasteiger partial charge is 0.287 e. The quantitative estimate of drug-likeness (QED) is 0.795. The van der Waals surface area contributed by atoms with Crippen LogP contribution in [-0.4, -0.2) is 31.1 Å². The molecule has 1 aliphatic heterocycles. The SMILES string of the molecule is Cc1cccc2sc(N3CC(S(=O)(=O)F)CC3=O)nc12. The fraction of sp³-hybridized carbons (Fsp3) is 0.333. The van der Waals surface area contributed by atoms with Crippen LogP contribution in [0.4, 0.5) is 9.02 Å². The molecule has 1 aliphatic rings. The Labute approximate surface area is 119 Å². The Morgan fingerprint density at radius 1 is 1.45 bits per heavy atom. The standard InChI is InChI=1S/C12H11FN2O3S2/c1-7-3-2-4-9-11(7)14-12(19-9)15-6-8(5-10(15)16)20(13,17)18/h2-4,8H,5-6H2,1H3. The number of nitrogens with zero attached hydrogens (tertiary/aromatic N) is 2. The van der Waals surface area contributed by atoms with Gasteiger partial charge in [-0.15, -0.1) is 3.89 Å². The number of carbonyl (C=O) groups is 1. The van der Waals surface area contributed by atoms with Crippen molar-refractivity contribution in [3.8, 4) is 0 Å². The zero-order valence-corrected chi connectivity index (χ0v) is 12.2. The van der Waals surface area contributed by atoms with E-state index >= 15 is 0 Å². The number of rotatable bonds is 2. The molecule has 1 amide bonds. The molecule has 5 nitrogen and oxygen atoms in total. The van der Waals surface area contributed by atoms with Gasteiger partial charge in [0.15, 0.2) is 5.13 Å². The van der Waals surface area contributed by atoms with E-state index in [1.165, 1.54) is 16.2 Å². The number of fused-ring (bicyclic) bond motifs is 1. The van der Waals surface area contributed by atoms with E-state index in [4.69, 9.17) is 0 Å². The predicted octanol–water partition coefficient (Wildman–Crippen LogP) is 2.01. The second kappa shape index (κ2) is 4.49. The summed E-state index contributed by atoms with van der Waals surface area (Å²) in [6.45, 7) is 1.74. The van der Waals surface area contributed by atoms with Gasteiger partial charge >= 0.3 is 10.2 Å². The van der Waals surface area contributed by atoms with Gasteiger partial charge in [0, 0.05) is 13.0 Å². The number of hydrogen-bond donors (Lipinski definition) is 0. The summed E-state index contributed by atoms with van der Waals surface area (Å²) in [5.74, 6) is -0.409. The van der Waals surface area contributed by atoms with Crippen LogP contribution in [0.15, 0.2) is 18.2 Å². The van der Waals surface area contributed by atoms with Gasteiger partial charge in [0.1, 0.15) is 5.25 Å². The van der Waals surface area contributed by atoms with Crippen LogP contribution in [0.2, 0.25) is 0 Å². The fourth-order valence-electron chi connectivity index (χ4n) is 2.24. The van der Waals surface area contributed by atoms with Crippen molar-refractivity contribution < 1.29 is 17.1 Å². The normalized spacial score (nSPS) is 20.0. The summed E-state index contributed by atoms with van der Waals surface area (Å²) in [6, 6.07) is 5.68. The second-order valence-corrected chi connectivity index (χ2v) is 7.35. The van der Waals surface area contributed by atoms with Gasteiger partial charge in [-0.05, 0) is 18.6 Å². The molecule has 2 heterocycles. The van der Waals surface area contributed by atoms with Crippen molar-refractivity contribution in [1.82, 2.24) is 4.98 Å². The molecule has 0 N–H and O–H groups in total. The van der Waals surface area contributed by atoms with Crippen LogP contribution in [0, 0.1) is 6.92 Å². The highest BCUT2D eigenvalue weighted by atomic mass is 32.3. The largest absolute Gasteiger partial charge is 0.307 e. The van der Waals surface area contributed by atoms with Crippen LogP contribution in [0.25, 0.3) is 10.2 Å². The van der Waals surface area contributed by atoms with E-state index in [1.54, 1.807) is 0 Å². The summed E-state index contributed by atoms with van der Waals surface area (Å²) in [7, 11) is -4.70. The van der Waals surface area contributed by atoms with E-state index in [2.05, 4.69) is 4.98 Å². The summed E-state index contributed by atoms with van der Waals surface area (Å²) < 4.78 is 35.8. The predicted molar refractivity (Wildman–Crippen MR) is 75.1 cm³/mol. The first-order valence-corrected chi connectivity index (χ1v) is 8.22. The molecular formula is C12H11FN2O3S2. The molecular weight excluding hydrogens is 303 g/mol. The van der Waals surface area contributed by atoms with E-state index < -0.39 is 21.4 Å². The van der Waals surface area contributed by atoms with E-state index in [0.29, 0.717) is 5.13 Å². The van der Waals surface area contributed by atoms with Gasteiger partial charge in [0.25, 0.3) is 0 Å². The van der Waals surface area contributed by atoms with Crippen LogP contribution >= 0.6 is 11.3 Å². The van der Waals surface area contributed by atoms with Crippen molar-refractivity contribution in [3.05, 3.63) is 23.8 Å². The van der Waals surface area contributed by atoms with Crippen LogP contribution in [0.3, 0.4) is 0 Å². The first-order valence-electron chi connectivity index (χ1n) is 5.96. The van der Waals surface area contributed by atoms with Crippen LogP contribution < -0.4 is 4.90 Å². The molecule has 20 heavy (non-hydrogen) atoms. The lowest BCUT2D eigenvalue weighted by Crippen LogP contribution is -2.26. The lowest BCUT2D eigenvalue weighted by molar-refractivity contribution is -0.117. The van der Waals surface area contributed by atoms with Gasteiger partial charge in [-0.25, -0.2) is 4.98 Å². The van der Waals surface area contributed by atoms with Crippen molar-refractivity contribution in [2.24, 2.45) is 0 Å². The molecule has 1 aromatic heterocycles. The summed E-state index contributed by atoms with van der Waals surface area (Å²) in [4.78, 5) is 17.5. The summed E-state index contributed by atoms with van der Waals surface area (Å²) >= 11 is 1.30. The third kappa shape index (κ3) is 2.18. The minimum absolute atomic E-state index is 0.170. The van der Waals surface area contributed by atoms with Crippen LogP contribution in [0.5, 0.6) is 0 Å². The number of halogens is 1. The van der Waals surface area contributed by atoms with Crippen molar-refractivity contribution in [2.75, 3.05) is 11.4 Å². The van der Waals surface area contributed by atoms with Crippen molar-refractivity contribution >= 4 is 42.8 Å². The number of benzene rings is 1. The molecule has 106 valence electrons. The Morgan fingerprint density at radius 3 is 2.80 bits per heavy atom. The Balaban J connectivity index is 2.00. The van der Waals surface area contributed by atoms with Crippen LogP contribution in [0.1, 0.15) is 12.0 Å². The highest BCUT2D eigenvalue weighted by Crippen LogP contribution is 2.33. The molecule has 0 saturated carbocycles. The number of thiazole rings is 1. The van der Waals surface area contributed by atoms with Crippen LogP contribution in [-0.2, 0) is 15.0 Å². The average molecular weight is 314 g/mol. The lowest BCUT2D eigenvalue weighted by atomic mass is 10.2. The summed E-state index contributed by atoms with van der Waals surface area (Å²) in [6.07, 6.45) is -0.326. The van der Waals surface area contributed by atoms with Crippen molar-refractivity contribution in [1.29, 1.82) is 0 Å². The Morgan fingerprint density at radius 2 is 2.20 bits per heavy atom. The number of hydrogen-bond acceptors (Lipinski definition) is 5. The Hall–Kier alpha value is -1.54. The third-order valence-corrected chi connectivity index (χ3v) is 5.48. The maximum Gasteiger partial charge on any atom is 0.307 e. The molecule has 3 rings (SSSR count). The lowest BCUT2D eigenvalue weighted by Gasteiger charge is -2.11. The number of anilines is 1. The third-order valence-electron chi connectivity index (χ3n) is 3.33. The number of aromatic nitrogens is 1. The number of carbonyl (C=O) groups excluding carboxylic acids is 1. The van der Waals surface area contributed by atoms with E-state index in [0.717, 1.165) is 15.8 Å². The van der Waals surface area contributed by atoms with Crippen molar-refractivity contribution in [3.63, 3.8) is 0 Å². The monoisotopic (exact) mass is 314 g/mol. The Bertz CT molecular complexity index is 800. The maximum absolute atomic E-state index is 13.0. The minimum Gasteiger partial charge on any atom is -0.287 e. The molecule has 8 heteroatoms. The topological polar surface area (TPSA) is 67.3 Å². The molecule has 0 bridgehead atoms. The maximum atomic E-state index is 13.0. The van der Waals surface area contributed by atoms with Crippen molar-refractivity contribution in [2.45, 2.75) is 18.6 Å². The van der Waals surface area contributed by atoms with Gasteiger partial charge in [-0.3, -0.25) is 9.69 Å². The average Bonchev–Trinajstić information content (AvgIpc) is 2.92. The second-order valence-electron chi connectivity index (χ2n) is 4.72. The summed E-state index contributed by atoms with van der Waals surface area (Å²) in [5.41, 5.74) is 1.76. The number of para-hydroxylation sites is 1. The van der Waals surface area contributed by atoms with Gasteiger partial charge in [-0.1, -0.05) is 23.5 Å². The first kappa shape index (κ1) is 13.4. The molecule has 1 saturated heterocycles. The van der Waals surface area contributed by atoms with Gasteiger partial charge in [0.2, 0.25) is 5.91 Å². The van der Waals surface area contributed by atoms with Gasteiger partial charge < -0.3 is 0 Å². The highest BCUT2D eigenvalue weighted by Gasteiger charge is 2.40. The zero-order chi connectivity index (χ0) is 14.5. The minimum atomic E-state index is -4.70. The molecule has 1 aromatic carbocycles. The van der Waals surface area contributed by atoms with E-state index in [1.807, 2.05) is 25.1 Å². The van der Waals surface area contributed by atoms with Gasteiger partial charge in [-0.2, -0.15) is 8.42 Å². The zero-order valence-electron chi connectivity index (χ0n) is 10.5. The molecule has 2 aromatic rings. The molecule has 1 unspecified atom stereocenters. The number of amides is 1. The van der Waals surface area contributed by atoms with Gasteiger partial charge in [0.05, 0.1) is 10.2 Å². The Kier molecular flexibility index (Phi) is 3.02. The van der Waals surface area contributed by atoms with E-state index in [-0.39, 0.29) is 13.0 Å². The highest BCUT2D eigenvalue weighted by molar-refractivity contribution is 7.87.